The minimum Gasteiger partial charge on any atom is -0.488 e. The van der Waals surface area contributed by atoms with Crippen molar-refractivity contribution < 1.29 is 23.8 Å². The van der Waals surface area contributed by atoms with Crippen LogP contribution in [0, 0.1) is 6.92 Å². The van der Waals surface area contributed by atoms with Crippen molar-refractivity contribution in [3.63, 3.8) is 0 Å². The van der Waals surface area contributed by atoms with Gasteiger partial charge in [-0.1, -0.05) is 18.2 Å². The molecule has 0 bridgehead atoms. The molecule has 2 aliphatic rings. The molecule has 0 radical (unpaired) electrons. The first-order chi connectivity index (χ1) is 18.0. The fourth-order valence-corrected chi connectivity index (χ4v) is 4.41. The molecule has 192 valence electrons. The second kappa shape index (κ2) is 11.5. The van der Waals surface area contributed by atoms with Crippen LogP contribution in [-0.2, 0) is 9.47 Å². The normalized spacial score (nSPS) is 17.3. The average molecular weight is 502 g/mol. The molecule has 2 amide bonds. The topological polar surface area (TPSA) is 89.1 Å². The molecule has 8 heteroatoms. The molecule has 1 atom stereocenters. The number of nitrogens with one attached hydrogen (secondary N) is 2. The first kappa shape index (κ1) is 24.8. The third kappa shape index (κ3) is 6.28. The van der Waals surface area contributed by atoms with Crippen LogP contribution in [0.5, 0.6) is 5.75 Å². The van der Waals surface area contributed by atoms with Crippen molar-refractivity contribution in [1.29, 1.82) is 0 Å². The predicted octanol–water partition coefficient (Wildman–Crippen LogP) is 4.50. The van der Waals surface area contributed by atoms with E-state index >= 15 is 0 Å². The van der Waals surface area contributed by atoms with E-state index in [0.717, 1.165) is 30.8 Å². The minimum atomic E-state index is -0.252. The molecule has 2 heterocycles. The van der Waals surface area contributed by atoms with Gasteiger partial charge in [0.1, 0.15) is 11.9 Å². The van der Waals surface area contributed by atoms with Crippen molar-refractivity contribution in [3.05, 3.63) is 83.4 Å². The molecule has 0 aliphatic carbocycles. The SMILES string of the molecule is Cc1ccc(NC(=O)c2cccc(N3CCOCC3)c2)cc1NC(=O)c1cccc(OC2CCOC2)c1. The molecule has 8 nitrogen and oxygen atoms in total. The van der Waals surface area contributed by atoms with Gasteiger partial charge in [0.15, 0.2) is 0 Å². The third-order valence-electron chi connectivity index (χ3n) is 6.52. The summed E-state index contributed by atoms with van der Waals surface area (Å²) in [6.07, 6.45) is 0.849. The molecule has 0 aromatic heterocycles. The van der Waals surface area contributed by atoms with E-state index in [4.69, 9.17) is 14.2 Å². The summed E-state index contributed by atoms with van der Waals surface area (Å²) in [6, 6.07) is 20.2. The number of anilines is 3. The molecule has 2 aliphatic heterocycles. The van der Waals surface area contributed by atoms with Crippen LogP contribution in [0.4, 0.5) is 17.1 Å². The average Bonchev–Trinajstić information content (AvgIpc) is 3.44. The fraction of sp³-hybridized carbons (Fsp3) is 0.310. The molecule has 2 fully saturated rings. The van der Waals surface area contributed by atoms with Gasteiger partial charge in [-0.2, -0.15) is 0 Å². The third-order valence-corrected chi connectivity index (χ3v) is 6.52. The van der Waals surface area contributed by atoms with E-state index in [2.05, 4.69) is 15.5 Å². The Kier molecular flexibility index (Phi) is 7.67. The van der Waals surface area contributed by atoms with Gasteiger partial charge >= 0.3 is 0 Å². The number of nitrogens with zero attached hydrogens (tertiary/aromatic N) is 1. The highest BCUT2D eigenvalue weighted by Crippen LogP contribution is 2.24. The molecule has 0 spiro atoms. The van der Waals surface area contributed by atoms with Gasteiger partial charge in [0.2, 0.25) is 0 Å². The number of hydrogen-bond donors (Lipinski definition) is 2. The van der Waals surface area contributed by atoms with E-state index in [0.29, 0.717) is 54.7 Å². The smallest absolute Gasteiger partial charge is 0.255 e. The summed E-state index contributed by atoms with van der Waals surface area (Å²) in [5.41, 5.74) is 4.17. The largest absolute Gasteiger partial charge is 0.488 e. The maximum absolute atomic E-state index is 13.0. The molecule has 3 aromatic carbocycles. The van der Waals surface area contributed by atoms with Crippen molar-refractivity contribution in [2.45, 2.75) is 19.4 Å². The van der Waals surface area contributed by atoms with E-state index in [1.54, 1.807) is 30.3 Å². The summed E-state index contributed by atoms with van der Waals surface area (Å²) in [7, 11) is 0. The van der Waals surface area contributed by atoms with E-state index in [1.165, 1.54) is 0 Å². The fourth-order valence-electron chi connectivity index (χ4n) is 4.41. The van der Waals surface area contributed by atoms with Crippen LogP contribution in [0.2, 0.25) is 0 Å². The Bertz CT molecular complexity index is 1270. The lowest BCUT2D eigenvalue weighted by Gasteiger charge is -2.29. The highest BCUT2D eigenvalue weighted by molar-refractivity contribution is 6.07. The molecule has 3 aromatic rings. The van der Waals surface area contributed by atoms with Gasteiger partial charge in [-0.25, -0.2) is 0 Å². The monoisotopic (exact) mass is 501 g/mol. The van der Waals surface area contributed by atoms with Crippen LogP contribution in [0.25, 0.3) is 0 Å². The zero-order chi connectivity index (χ0) is 25.6. The minimum absolute atomic E-state index is 0.00964. The number of morpholine rings is 1. The Labute approximate surface area is 216 Å². The van der Waals surface area contributed by atoms with Gasteiger partial charge in [0, 0.05) is 47.7 Å². The second-order valence-corrected chi connectivity index (χ2v) is 9.22. The summed E-state index contributed by atoms with van der Waals surface area (Å²) in [4.78, 5) is 28.2. The Morgan fingerprint density at radius 1 is 0.865 bits per heavy atom. The Hall–Kier alpha value is -3.88. The number of amides is 2. The van der Waals surface area contributed by atoms with Gasteiger partial charge in [-0.3, -0.25) is 9.59 Å². The number of benzene rings is 3. The second-order valence-electron chi connectivity index (χ2n) is 9.22. The Morgan fingerprint density at radius 2 is 1.62 bits per heavy atom. The molecule has 2 N–H and O–H groups in total. The van der Waals surface area contributed by atoms with Crippen LogP contribution in [-0.4, -0.2) is 57.4 Å². The summed E-state index contributed by atoms with van der Waals surface area (Å²) in [5, 5.41) is 5.92. The lowest BCUT2D eigenvalue weighted by Crippen LogP contribution is -2.36. The van der Waals surface area contributed by atoms with E-state index in [-0.39, 0.29) is 17.9 Å². The number of rotatable bonds is 7. The van der Waals surface area contributed by atoms with Crippen LogP contribution < -0.4 is 20.3 Å². The summed E-state index contributed by atoms with van der Waals surface area (Å²) in [5.74, 6) is 0.176. The van der Waals surface area contributed by atoms with Gasteiger partial charge in [-0.05, 0) is 61.0 Å². The van der Waals surface area contributed by atoms with E-state index in [1.807, 2.05) is 43.3 Å². The zero-order valence-corrected chi connectivity index (χ0v) is 20.9. The van der Waals surface area contributed by atoms with Crippen LogP contribution in [0.15, 0.2) is 66.7 Å². The predicted molar refractivity (Wildman–Crippen MR) is 143 cm³/mol. The van der Waals surface area contributed by atoms with Crippen molar-refractivity contribution in [2.24, 2.45) is 0 Å². The standard InChI is InChI=1S/C29H31N3O5/c1-20-8-9-23(30-28(33)21-4-2-6-24(16-21)32-11-14-35-15-12-32)18-27(20)31-29(34)22-5-3-7-25(17-22)37-26-10-13-36-19-26/h2-9,16-18,26H,10-15,19H2,1H3,(H,30,33)(H,31,34). The number of ether oxygens (including phenoxy) is 3. The Morgan fingerprint density at radius 3 is 2.41 bits per heavy atom. The highest BCUT2D eigenvalue weighted by atomic mass is 16.5. The number of carbonyl (C=O) groups is 2. The molecule has 2 saturated heterocycles. The highest BCUT2D eigenvalue weighted by Gasteiger charge is 2.18. The Balaban J connectivity index is 1.25. The molecule has 37 heavy (non-hydrogen) atoms. The molecular weight excluding hydrogens is 470 g/mol. The summed E-state index contributed by atoms with van der Waals surface area (Å²) < 4.78 is 16.7. The van der Waals surface area contributed by atoms with Crippen molar-refractivity contribution >= 4 is 28.9 Å². The lowest BCUT2D eigenvalue weighted by molar-refractivity contribution is 0.101. The summed E-state index contributed by atoms with van der Waals surface area (Å²) in [6.45, 7) is 6.13. The molecule has 0 saturated carbocycles. The van der Waals surface area contributed by atoms with Gasteiger partial charge in [0.05, 0.1) is 26.4 Å². The van der Waals surface area contributed by atoms with E-state index < -0.39 is 0 Å². The lowest BCUT2D eigenvalue weighted by atomic mass is 10.1. The quantitative estimate of drug-likeness (QED) is 0.496. The maximum Gasteiger partial charge on any atom is 0.255 e. The van der Waals surface area contributed by atoms with Crippen LogP contribution >= 0.6 is 0 Å². The molecule has 1 unspecified atom stereocenters. The van der Waals surface area contributed by atoms with Crippen molar-refractivity contribution in [1.82, 2.24) is 0 Å². The molecule has 5 rings (SSSR count). The first-order valence-electron chi connectivity index (χ1n) is 12.6. The van der Waals surface area contributed by atoms with Gasteiger partial charge in [0.25, 0.3) is 11.8 Å². The maximum atomic E-state index is 13.0. The first-order valence-corrected chi connectivity index (χ1v) is 12.6. The zero-order valence-electron chi connectivity index (χ0n) is 20.9. The summed E-state index contributed by atoms with van der Waals surface area (Å²) >= 11 is 0. The molecular formula is C29H31N3O5. The number of hydrogen-bond acceptors (Lipinski definition) is 6. The van der Waals surface area contributed by atoms with Crippen LogP contribution in [0.3, 0.4) is 0 Å². The number of aryl methyl sites for hydroxylation is 1. The van der Waals surface area contributed by atoms with Crippen LogP contribution in [0.1, 0.15) is 32.7 Å². The van der Waals surface area contributed by atoms with Crippen molar-refractivity contribution in [2.75, 3.05) is 55.1 Å². The van der Waals surface area contributed by atoms with Gasteiger partial charge < -0.3 is 29.7 Å². The van der Waals surface area contributed by atoms with E-state index in [9.17, 15) is 9.59 Å². The van der Waals surface area contributed by atoms with Crippen molar-refractivity contribution in [3.8, 4) is 5.75 Å². The number of carbonyl (C=O) groups excluding carboxylic acids is 2. The van der Waals surface area contributed by atoms with Gasteiger partial charge in [-0.15, -0.1) is 0 Å².